The number of hydrogen-bond acceptors (Lipinski definition) is 3. The molecule has 1 atom stereocenters. The SMILES string of the molecule is CCN[C@H](C)CNC(=O)c1ccc(C(F)(F)F)[nH]c1=O. The van der Waals surface area contributed by atoms with E-state index in [1.54, 1.807) is 4.98 Å². The maximum absolute atomic E-state index is 12.4. The zero-order valence-corrected chi connectivity index (χ0v) is 11.1. The summed E-state index contributed by atoms with van der Waals surface area (Å²) < 4.78 is 37.1. The van der Waals surface area contributed by atoms with E-state index in [1.807, 2.05) is 13.8 Å². The van der Waals surface area contributed by atoms with Crippen LogP contribution in [0.1, 0.15) is 29.9 Å². The van der Waals surface area contributed by atoms with Crippen LogP contribution in [0.2, 0.25) is 0 Å². The van der Waals surface area contributed by atoms with Crippen molar-refractivity contribution in [3.8, 4) is 0 Å². The fourth-order valence-electron chi connectivity index (χ4n) is 1.58. The van der Waals surface area contributed by atoms with Gasteiger partial charge in [-0.2, -0.15) is 13.2 Å². The molecule has 0 aliphatic rings. The minimum Gasteiger partial charge on any atom is -0.350 e. The molecule has 0 spiro atoms. The smallest absolute Gasteiger partial charge is 0.350 e. The van der Waals surface area contributed by atoms with Crippen molar-refractivity contribution in [2.75, 3.05) is 13.1 Å². The highest BCUT2D eigenvalue weighted by atomic mass is 19.4. The van der Waals surface area contributed by atoms with Crippen LogP contribution in [-0.4, -0.2) is 30.0 Å². The van der Waals surface area contributed by atoms with Crippen molar-refractivity contribution in [1.29, 1.82) is 0 Å². The molecule has 1 aromatic heterocycles. The highest BCUT2D eigenvalue weighted by molar-refractivity contribution is 5.93. The number of aromatic amines is 1. The first-order chi connectivity index (χ1) is 9.25. The van der Waals surface area contributed by atoms with Crippen molar-refractivity contribution >= 4 is 5.91 Å². The van der Waals surface area contributed by atoms with Gasteiger partial charge in [0.1, 0.15) is 11.3 Å². The van der Waals surface area contributed by atoms with Gasteiger partial charge >= 0.3 is 6.18 Å². The lowest BCUT2D eigenvalue weighted by Crippen LogP contribution is -2.40. The molecule has 0 aliphatic carbocycles. The van der Waals surface area contributed by atoms with Crippen LogP contribution in [0.3, 0.4) is 0 Å². The molecule has 0 aliphatic heterocycles. The van der Waals surface area contributed by atoms with Crippen LogP contribution >= 0.6 is 0 Å². The van der Waals surface area contributed by atoms with Crippen molar-refractivity contribution in [3.63, 3.8) is 0 Å². The Kier molecular flexibility index (Phi) is 5.32. The third-order valence-electron chi connectivity index (χ3n) is 2.58. The Morgan fingerprint density at radius 2 is 2.05 bits per heavy atom. The van der Waals surface area contributed by atoms with Gasteiger partial charge in [0.15, 0.2) is 0 Å². The first-order valence-electron chi connectivity index (χ1n) is 6.07. The minimum absolute atomic E-state index is 0.00233. The quantitative estimate of drug-likeness (QED) is 0.761. The molecule has 0 fully saturated rings. The monoisotopic (exact) mass is 291 g/mol. The Morgan fingerprint density at radius 1 is 1.40 bits per heavy atom. The lowest BCUT2D eigenvalue weighted by atomic mass is 10.2. The van der Waals surface area contributed by atoms with E-state index in [0.717, 1.165) is 12.6 Å². The van der Waals surface area contributed by atoms with Gasteiger partial charge < -0.3 is 15.6 Å². The van der Waals surface area contributed by atoms with E-state index < -0.39 is 23.3 Å². The molecule has 0 aromatic carbocycles. The van der Waals surface area contributed by atoms with E-state index in [-0.39, 0.29) is 18.2 Å². The van der Waals surface area contributed by atoms with Gasteiger partial charge in [0.05, 0.1) is 0 Å². The van der Waals surface area contributed by atoms with Gasteiger partial charge in [-0.1, -0.05) is 6.92 Å². The van der Waals surface area contributed by atoms with Crippen LogP contribution in [0.15, 0.2) is 16.9 Å². The Hall–Kier alpha value is -1.83. The molecule has 3 N–H and O–H groups in total. The number of pyridine rings is 1. The molecular formula is C12H16F3N3O2. The number of carbonyl (C=O) groups excluding carboxylic acids is 1. The summed E-state index contributed by atoms with van der Waals surface area (Å²) in [5.74, 6) is -0.704. The maximum atomic E-state index is 12.4. The molecule has 20 heavy (non-hydrogen) atoms. The number of carbonyl (C=O) groups is 1. The van der Waals surface area contributed by atoms with Gasteiger partial charge in [-0.05, 0) is 25.6 Å². The summed E-state index contributed by atoms with van der Waals surface area (Å²) in [6.45, 7) is 4.73. The van der Waals surface area contributed by atoms with Crippen molar-refractivity contribution in [2.45, 2.75) is 26.1 Å². The Balaban J connectivity index is 2.77. The summed E-state index contributed by atoms with van der Waals surface area (Å²) in [5.41, 5.74) is -2.59. The summed E-state index contributed by atoms with van der Waals surface area (Å²) in [6.07, 6.45) is -4.65. The molecule has 1 amide bonds. The molecular weight excluding hydrogens is 275 g/mol. The third kappa shape index (κ3) is 4.37. The van der Waals surface area contributed by atoms with Gasteiger partial charge in [0, 0.05) is 12.6 Å². The fraction of sp³-hybridized carbons (Fsp3) is 0.500. The average Bonchev–Trinajstić information content (AvgIpc) is 2.35. The van der Waals surface area contributed by atoms with E-state index >= 15 is 0 Å². The van der Waals surface area contributed by atoms with Crippen LogP contribution in [0.4, 0.5) is 13.2 Å². The van der Waals surface area contributed by atoms with E-state index in [4.69, 9.17) is 0 Å². The summed E-state index contributed by atoms with van der Waals surface area (Å²) >= 11 is 0. The lowest BCUT2D eigenvalue weighted by Gasteiger charge is -2.13. The summed E-state index contributed by atoms with van der Waals surface area (Å²) in [5, 5.41) is 5.53. The number of aromatic nitrogens is 1. The molecule has 1 aromatic rings. The van der Waals surface area contributed by atoms with Crippen LogP contribution in [-0.2, 0) is 6.18 Å². The number of alkyl halides is 3. The van der Waals surface area contributed by atoms with Crippen molar-refractivity contribution in [1.82, 2.24) is 15.6 Å². The summed E-state index contributed by atoms with van der Waals surface area (Å²) in [7, 11) is 0. The molecule has 8 heteroatoms. The second-order valence-corrected chi connectivity index (χ2v) is 4.28. The van der Waals surface area contributed by atoms with E-state index in [1.165, 1.54) is 0 Å². The molecule has 0 radical (unpaired) electrons. The van der Waals surface area contributed by atoms with Gasteiger partial charge in [-0.15, -0.1) is 0 Å². The molecule has 1 rings (SSSR count). The molecule has 0 unspecified atom stereocenters. The van der Waals surface area contributed by atoms with Crippen LogP contribution in [0.5, 0.6) is 0 Å². The minimum atomic E-state index is -4.65. The summed E-state index contributed by atoms with van der Waals surface area (Å²) in [6, 6.07) is 1.54. The van der Waals surface area contributed by atoms with Crippen LogP contribution in [0, 0.1) is 0 Å². The zero-order chi connectivity index (χ0) is 15.3. The predicted molar refractivity (Wildman–Crippen MR) is 67.5 cm³/mol. The Labute approximate surface area is 113 Å². The molecule has 0 saturated heterocycles. The topological polar surface area (TPSA) is 74.0 Å². The molecule has 1 heterocycles. The van der Waals surface area contributed by atoms with E-state index in [2.05, 4.69) is 10.6 Å². The Morgan fingerprint density at radius 3 is 2.55 bits per heavy atom. The molecule has 5 nitrogen and oxygen atoms in total. The Bertz CT molecular complexity index is 525. The number of rotatable bonds is 5. The zero-order valence-electron chi connectivity index (χ0n) is 11.1. The first kappa shape index (κ1) is 16.2. The normalized spacial score (nSPS) is 13.1. The third-order valence-corrected chi connectivity index (χ3v) is 2.58. The number of hydrogen-bond donors (Lipinski definition) is 3. The summed E-state index contributed by atoms with van der Waals surface area (Å²) in [4.78, 5) is 24.8. The fourth-order valence-corrected chi connectivity index (χ4v) is 1.58. The molecule has 112 valence electrons. The van der Waals surface area contributed by atoms with Gasteiger partial charge in [0.2, 0.25) is 0 Å². The first-order valence-corrected chi connectivity index (χ1v) is 6.07. The number of H-pyrrole nitrogens is 1. The van der Waals surface area contributed by atoms with E-state index in [9.17, 15) is 22.8 Å². The number of nitrogens with one attached hydrogen (secondary N) is 3. The highest BCUT2D eigenvalue weighted by Gasteiger charge is 2.32. The average molecular weight is 291 g/mol. The second-order valence-electron chi connectivity index (χ2n) is 4.28. The van der Waals surface area contributed by atoms with Crippen LogP contribution in [0.25, 0.3) is 0 Å². The van der Waals surface area contributed by atoms with Crippen molar-refractivity contribution < 1.29 is 18.0 Å². The molecule has 0 saturated carbocycles. The lowest BCUT2D eigenvalue weighted by molar-refractivity contribution is -0.141. The largest absolute Gasteiger partial charge is 0.431 e. The number of halogens is 3. The van der Waals surface area contributed by atoms with Gasteiger partial charge in [-0.3, -0.25) is 9.59 Å². The van der Waals surface area contributed by atoms with E-state index in [0.29, 0.717) is 6.07 Å². The maximum Gasteiger partial charge on any atom is 0.431 e. The van der Waals surface area contributed by atoms with Crippen molar-refractivity contribution in [2.24, 2.45) is 0 Å². The van der Waals surface area contributed by atoms with Gasteiger partial charge in [0.25, 0.3) is 11.5 Å². The number of amides is 1. The highest BCUT2D eigenvalue weighted by Crippen LogP contribution is 2.26. The van der Waals surface area contributed by atoms with Crippen LogP contribution < -0.4 is 16.2 Å². The predicted octanol–water partition coefficient (Wildman–Crippen LogP) is 1.12. The molecule has 0 bridgehead atoms. The van der Waals surface area contributed by atoms with Crippen molar-refractivity contribution in [3.05, 3.63) is 33.7 Å². The number of likely N-dealkylation sites (N-methyl/N-ethyl adjacent to an activating group) is 1. The standard InChI is InChI=1S/C12H16F3N3O2/c1-3-16-7(2)6-17-10(19)8-4-5-9(12(13,14)15)18-11(8)20/h4-5,7,16H,3,6H2,1-2H3,(H,17,19)(H,18,20)/t7-/m1/s1. The second kappa shape index (κ2) is 6.56. The van der Waals surface area contributed by atoms with Gasteiger partial charge in [-0.25, -0.2) is 0 Å².